The number of anilines is 2. The van der Waals surface area contributed by atoms with E-state index < -0.39 is 0 Å². The van der Waals surface area contributed by atoms with Crippen LogP contribution in [0.2, 0.25) is 0 Å². The van der Waals surface area contributed by atoms with Gasteiger partial charge in [0.05, 0.1) is 28.3 Å². The van der Waals surface area contributed by atoms with E-state index in [2.05, 4.69) is 222 Å². The molecule has 12 rings (SSSR count). The summed E-state index contributed by atoms with van der Waals surface area (Å²) < 4.78 is 2.44. The second-order valence-corrected chi connectivity index (χ2v) is 15.5. The van der Waals surface area contributed by atoms with Crippen LogP contribution in [-0.2, 0) is 0 Å². The molecule has 0 spiro atoms. The number of allylic oxidation sites excluding steroid dienone is 2. The van der Waals surface area contributed by atoms with Gasteiger partial charge in [-0.3, -0.25) is 0 Å². The fourth-order valence-corrected chi connectivity index (χ4v) is 9.68. The Morgan fingerprint density at radius 2 is 1.12 bits per heavy atom. The van der Waals surface area contributed by atoms with Crippen molar-refractivity contribution < 1.29 is 0 Å². The summed E-state index contributed by atoms with van der Waals surface area (Å²) in [5.74, 6) is 0.291. The van der Waals surface area contributed by atoms with E-state index in [0.29, 0.717) is 5.92 Å². The number of nitrogens with zero attached hydrogens (tertiary/aromatic N) is 3. The van der Waals surface area contributed by atoms with E-state index in [1.54, 1.807) is 0 Å². The first-order valence-electron chi connectivity index (χ1n) is 20.1. The molecule has 2 aliphatic rings. The van der Waals surface area contributed by atoms with E-state index in [1.165, 1.54) is 66.0 Å². The van der Waals surface area contributed by atoms with Crippen LogP contribution in [0.4, 0.5) is 11.4 Å². The maximum atomic E-state index is 5.37. The molecule has 2 unspecified atom stereocenters. The van der Waals surface area contributed by atoms with Crippen LogP contribution in [0.15, 0.2) is 212 Å². The standard InChI is InChI=1S/C55H37N3/c1-2-15-36(16-3-1)48-35-50(56-49-30-29-37-17-4-5-20-43(37)55(48)49)39-19-14-18-38(31-39)40-32-41(57-51-25-10-6-21-44(51)45-22-7-11-26-52(45)57)34-42(33-40)58-53-27-12-8-23-46(53)47-24-9-13-28-54(47)58/h1-35,44,51H. The molecular weight excluding hydrogens is 703 g/mol. The monoisotopic (exact) mass is 739 g/mol. The molecule has 0 radical (unpaired) electrons. The van der Waals surface area contributed by atoms with Crippen molar-refractivity contribution in [1.29, 1.82) is 0 Å². The quantitative estimate of drug-likeness (QED) is 0.164. The van der Waals surface area contributed by atoms with Gasteiger partial charge >= 0.3 is 0 Å². The molecule has 1 aliphatic carbocycles. The number of hydrogen-bond donors (Lipinski definition) is 0. The van der Waals surface area contributed by atoms with Crippen molar-refractivity contribution >= 4 is 54.9 Å². The molecule has 3 nitrogen and oxygen atoms in total. The molecule has 2 atom stereocenters. The summed E-state index contributed by atoms with van der Waals surface area (Å²) in [5, 5.41) is 6.12. The predicted molar refractivity (Wildman–Crippen MR) is 243 cm³/mol. The van der Waals surface area contributed by atoms with Gasteiger partial charge in [-0.1, -0.05) is 158 Å². The Kier molecular flexibility index (Phi) is 7.36. The number of rotatable bonds is 5. The number of benzene rings is 8. The third kappa shape index (κ3) is 5.10. The van der Waals surface area contributed by atoms with Crippen molar-refractivity contribution in [2.75, 3.05) is 4.90 Å². The van der Waals surface area contributed by atoms with Crippen molar-refractivity contribution in [3.8, 4) is 39.2 Å². The largest absolute Gasteiger partial charge is 0.333 e. The summed E-state index contributed by atoms with van der Waals surface area (Å²) in [6.07, 6.45) is 9.11. The lowest BCUT2D eigenvalue weighted by Gasteiger charge is -2.30. The third-order valence-corrected chi connectivity index (χ3v) is 12.3. The molecule has 0 saturated carbocycles. The minimum atomic E-state index is 0.185. The van der Waals surface area contributed by atoms with Gasteiger partial charge in [-0.15, -0.1) is 0 Å². The summed E-state index contributed by atoms with van der Waals surface area (Å²) >= 11 is 0. The molecule has 0 bridgehead atoms. The van der Waals surface area contributed by atoms with E-state index in [9.17, 15) is 0 Å². The van der Waals surface area contributed by atoms with Gasteiger partial charge in [-0.2, -0.15) is 0 Å². The molecule has 2 aromatic heterocycles. The van der Waals surface area contributed by atoms with Gasteiger partial charge in [-0.25, -0.2) is 4.98 Å². The smallest absolute Gasteiger partial charge is 0.0722 e. The minimum absolute atomic E-state index is 0.185. The van der Waals surface area contributed by atoms with Gasteiger partial charge < -0.3 is 9.47 Å². The highest BCUT2D eigenvalue weighted by Crippen LogP contribution is 2.49. The van der Waals surface area contributed by atoms with Gasteiger partial charge in [0.15, 0.2) is 0 Å². The molecule has 3 heteroatoms. The molecule has 1 aliphatic heterocycles. The summed E-state index contributed by atoms with van der Waals surface area (Å²) in [4.78, 5) is 7.92. The second kappa shape index (κ2) is 13.0. The SMILES string of the molecule is C1=CC2c3ccccc3N(c3cc(-c4cccc(-c5cc(-c6ccccc6)c6c(ccc7ccccc76)n5)c4)cc(-n4c5ccccc5c5ccccc54)c3)C2C=C1. The van der Waals surface area contributed by atoms with Crippen LogP contribution in [0.1, 0.15) is 11.5 Å². The Hall–Kier alpha value is -7.49. The van der Waals surface area contributed by atoms with Gasteiger partial charge in [0.2, 0.25) is 0 Å². The summed E-state index contributed by atoms with van der Waals surface area (Å²) in [5.41, 5.74) is 15.0. The van der Waals surface area contributed by atoms with Crippen molar-refractivity contribution in [1.82, 2.24) is 9.55 Å². The van der Waals surface area contributed by atoms with E-state index in [0.717, 1.165) is 33.6 Å². The highest BCUT2D eigenvalue weighted by Gasteiger charge is 2.37. The molecule has 58 heavy (non-hydrogen) atoms. The van der Waals surface area contributed by atoms with E-state index in [1.807, 2.05) is 0 Å². The number of para-hydroxylation sites is 3. The minimum Gasteiger partial charge on any atom is -0.333 e. The Morgan fingerprint density at radius 1 is 0.448 bits per heavy atom. The topological polar surface area (TPSA) is 21.1 Å². The molecule has 0 amide bonds. The highest BCUT2D eigenvalue weighted by atomic mass is 15.2. The van der Waals surface area contributed by atoms with Crippen LogP contribution in [0.5, 0.6) is 0 Å². The summed E-state index contributed by atoms with van der Waals surface area (Å²) in [6.45, 7) is 0. The van der Waals surface area contributed by atoms with E-state index in [4.69, 9.17) is 4.98 Å². The Bertz CT molecular complexity index is 3260. The second-order valence-electron chi connectivity index (χ2n) is 15.5. The molecular formula is C55H37N3. The molecule has 0 saturated heterocycles. The first-order valence-corrected chi connectivity index (χ1v) is 20.1. The van der Waals surface area contributed by atoms with Crippen LogP contribution in [0.3, 0.4) is 0 Å². The lowest BCUT2D eigenvalue weighted by molar-refractivity contribution is 0.744. The van der Waals surface area contributed by atoms with E-state index >= 15 is 0 Å². The maximum absolute atomic E-state index is 5.37. The normalized spacial score (nSPS) is 15.8. The van der Waals surface area contributed by atoms with Crippen LogP contribution in [-0.4, -0.2) is 15.6 Å². The molecule has 0 fully saturated rings. The lowest BCUT2D eigenvalue weighted by Crippen LogP contribution is -2.28. The van der Waals surface area contributed by atoms with Gasteiger partial charge in [0, 0.05) is 44.7 Å². The maximum Gasteiger partial charge on any atom is 0.0722 e. The zero-order valence-corrected chi connectivity index (χ0v) is 31.7. The number of pyridine rings is 1. The fourth-order valence-electron chi connectivity index (χ4n) is 9.68. The van der Waals surface area contributed by atoms with Crippen molar-refractivity contribution in [2.24, 2.45) is 0 Å². The highest BCUT2D eigenvalue weighted by molar-refractivity contribution is 6.14. The molecule has 10 aromatic rings. The number of aromatic nitrogens is 2. The third-order valence-electron chi connectivity index (χ3n) is 12.3. The molecule has 3 heterocycles. The Morgan fingerprint density at radius 3 is 1.97 bits per heavy atom. The van der Waals surface area contributed by atoms with Crippen LogP contribution >= 0.6 is 0 Å². The van der Waals surface area contributed by atoms with Gasteiger partial charge in [0.1, 0.15) is 0 Å². The van der Waals surface area contributed by atoms with Gasteiger partial charge in [-0.05, 0) is 93.2 Å². The molecule has 272 valence electrons. The summed E-state index contributed by atoms with van der Waals surface area (Å²) in [6, 6.07) is 68.8. The van der Waals surface area contributed by atoms with Crippen LogP contribution < -0.4 is 4.90 Å². The summed E-state index contributed by atoms with van der Waals surface area (Å²) in [7, 11) is 0. The first-order chi connectivity index (χ1) is 28.8. The lowest BCUT2D eigenvalue weighted by atomic mass is 9.91. The van der Waals surface area contributed by atoms with Gasteiger partial charge in [0.25, 0.3) is 0 Å². The van der Waals surface area contributed by atoms with Crippen molar-refractivity contribution in [2.45, 2.75) is 12.0 Å². The fraction of sp³-hybridized carbons (Fsp3) is 0.0364. The van der Waals surface area contributed by atoms with E-state index in [-0.39, 0.29) is 6.04 Å². The first kappa shape index (κ1) is 32.7. The molecule has 8 aromatic carbocycles. The number of hydrogen-bond acceptors (Lipinski definition) is 2. The van der Waals surface area contributed by atoms with Crippen LogP contribution in [0, 0.1) is 0 Å². The predicted octanol–water partition coefficient (Wildman–Crippen LogP) is 14.2. The average molecular weight is 740 g/mol. The average Bonchev–Trinajstić information content (AvgIpc) is 3.82. The van der Waals surface area contributed by atoms with Crippen molar-refractivity contribution in [3.05, 3.63) is 218 Å². The number of fused-ring (bicyclic) bond motifs is 9. The van der Waals surface area contributed by atoms with Crippen LogP contribution in [0.25, 0.3) is 82.7 Å². The Balaban J connectivity index is 1.08. The zero-order valence-electron chi connectivity index (χ0n) is 31.7. The Labute approximate surface area is 337 Å². The van der Waals surface area contributed by atoms with Crippen molar-refractivity contribution in [3.63, 3.8) is 0 Å². The zero-order chi connectivity index (χ0) is 38.2. The molecule has 0 N–H and O–H groups in total.